The third-order valence-corrected chi connectivity index (χ3v) is 12.3. The first kappa shape index (κ1) is 63.4. The second kappa shape index (κ2) is 47.5. The minimum absolute atomic E-state index is 0.0131. The van der Waals surface area contributed by atoms with Crippen molar-refractivity contribution in [2.45, 2.75) is 219 Å². The molecule has 2 N–H and O–H groups in total. The number of phosphoric ester groups is 1. The number of carbonyl (C=O) groups excluding carboxylic acids is 1. The van der Waals surface area contributed by atoms with Crippen LogP contribution in [-0.4, -0.2) is 68.5 Å². The van der Waals surface area contributed by atoms with Gasteiger partial charge in [0.2, 0.25) is 5.91 Å². The van der Waals surface area contributed by atoms with E-state index in [1.807, 2.05) is 27.2 Å². The molecule has 0 bridgehead atoms. The number of amides is 1. The Bertz CT molecular complexity index is 1390. The normalized spacial score (nSPS) is 14.8. The molecule has 0 radical (unpaired) electrons. The molecule has 0 saturated heterocycles. The van der Waals surface area contributed by atoms with Crippen molar-refractivity contribution in [2.24, 2.45) is 0 Å². The Hall–Kier alpha value is -2.58. The van der Waals surface area contributed by atoms with Crippen LogP contribution in [0.15, 0.2) is 97.2 Å². The predicted octanol–water partition coefficient (Wildman–Crippen LogP) is 15.2. The van der Waals surface area contributed by atoms with Crippen LogP contribution in [0.1, 0.15) is 206 Å². The van der Waals surface area contributed by atoms with Gasteiger partial charge in [-0.25, -0.2) is 0 Å². The Kier molecular flexibility index (Phi) is 45.6. The van der Waals surface area contributed by atoms with Crippen molar-refractivity contribution in [3.05, 3.63) is 97.2 Å². The van der Waals surface area contributed by atoms with E-state index in [0.29, 0.717) is 23.9 Å². The summed E-state index contributed by atoms with van der Waals surface area (Å²) in [6.07, 6.45) is 67.5. The van der Waals surface area contributed by atoms with Gasteiger partial charge in [0.25, 0.3) is 7.82 Å². The fraction of sp³-hybridized carbons (Fsp3) is 0.702. The topological polar surface area (TPSA) is 108 Å². The lowest BCUT2D eigenvalue weighted by molar-refractivity contribution is -0.870. The minimum atomic E-state index is -4.61. The molecule has 0 aliphatic carbocycles. The number of unbranched alkanes of at least 4 members (excludes halogenated alkanes) is 20. The molecule has 0 saturated carbocycles. The summed E-state index contributed by atoms with van der Waals surface area (Å²) in [5.41, 5.74) is 0. The van der Waals surface area contributed by atoms with Crippen molar-refractivity contribution in [2.75, 3.05) is 40.9 Å². The molecule has 0 aliphatic heterocycles. The van der Waals surface area contributed by atoms with Crippen LogP contribution in [0.3, 0.4) is 0 Å². The van der Waals surface area contributed by atoms with Crippen molar-refractivity contribution in [3.63, 3.8) is 0 Å². The van der Waals surface area contributed by atoms with Crippen LogP contribution in [0.4, 0.5) is 0 Å². The molecule has 0 rings (SSSR count). The van der Waals surface area contributed by atoms with Gasteiger partial charge in [-0.3, -0.25) is 9.36 Å². The molecular formula is C57H101N2O6P. The first-order chi connectivity index (χ1) is 32.0. The van der Waals surface area contributed by atoms with Gasteiger partial charge in [-0.05, 0) is 77.0 Å². The Balaban J connectivity index is 4.40. The molecular weight excluding hydrogens is 840 g/mol. The minimum Gasteiger partial charge on any atom is -0.756 e. The van der Waals surface area contributed by atoms with Crippen LogP contribution in [-0.2, 0) is 18.4 Å². The third-order valence-electron chi connectivity index (χ3n) is 11.3. The highest BCUT2D eigenvalue weighted by Crippen LogP contribution is 2.38. The maximum Gasteiger partial charge on any atom is 0.268 e. The van der Waals surface area contributed by atoms with Gasteiger partial charge in [0, 0.05) is 6.42 Å². The van der Waals surface area contributed by atoms with Crippen molar-refractivity contribution in [3.8, 4) is 0 Å². The van der Waals surface area contributed by atoms with E-state index in [1.54, 1.807) is 6.08 Å². The van der Waals surface area contributed by atoms with Gasteiger partial charge in [0.1, 0.15) is 13.2 Å². The fourth-order valence-corrected chi connectivity index (χ4v) is 7.85. The SMILES string of the molecule is CC/C=C\C/C=C\C/C=C\C/C=C\C/C=C\C/C=C\C/C=C\CCCCCC(=O)NC(COP(=O)([O-])OCC[N+](C)(C)C)C(O)/C=C/CCCCCCCCCCCCCCCCCCC. The molecule has 0 aromatic carbocycles. The van der Waals surface area contributed by atoms with Gasteiger partial charge in [-0.2, -0.15) is 0 Å². The molecule has 3 unspecified atom stereocenters. The third kappa shape index (κ3) is 49.3. The number of hydrogen-bond donors (Lipinski definition) is 2. The number of hydrogen-bond acceptors (Lipinski definition) is 6. The molecule has 1 amide bonds. The number of nitrogens with one attached hydrogen (secondary N) is 1. The van der Waals surface area contributed by atoms with Crippen LogP contribution < -0.4 is 10.2 Å². The molecule has 380 valence electrons. The van der Waals surface area contributed by atoms with Crippen LogP contribution in [0.25, 0.3) is 0 Å². The summed E-state index contributed by atoms with van der Waals surface area (Å²) in [4.78, 5) is 25.4. The van der Waals surface area contributed by atoms with Gasteiger partial charge in [0.15, 0.2) is 0 Å². The Morgan fingerprint density at radius 1 is 0.545 bits per heavy atom. The van der Waals surface area contributed by atoms with E-state index >= 15 is 0 Å². The standard InChI is InChI=1S/C57H101N2O6P/c1-6-8-10-12-14-16-18-20-22-24-26-27-28-29-30-31-33-35-37-39-41-43-45-47-49-51-57(61)58-55(54-65-66(62,63)64-53-52-59(3,4)5)56(60)50-48-46-44-42-40-38-36-34-32-25-23-21-19-17-15-13-11-9-7-2/h8,10,14,16,20,22,26-27,29-30,33,35,39,41,48,50,55-56,60H,6-7,9,11-13,15,17-19,21,23-25,28,31-32,34,36-38,40,42-47,49,51-54H2,1-5H3,(H-,58,61,62,63)/b10-8-,16-14-,22-20-,27-26-,30-29-,35-33-,41-39-,50-48+. The van der Waals surface area contributed by atoms with Gasteiger partial charge in [0.05, 0.1) is 39.9 Å². The van der Waals surface area contributed by atoms with E-state index in [-0.39, 0.29) is 12.5 Å². The molecule has 0 aromatic rings. The van der Waals surface area contributed by atoms with Gasteiger partial charge >= 0.3 is 0 Å². The number of carbonyl (C=O) groups is 1. The van der Waals surface area contributed by atoms with E-state index in [2.05, 4.69) is 104 Å². The first-order valence-electron chi connectivity index (χ1n) is 26.6. The first-order valence-corrected chi connectivity index (χ1v) is 28.1. The largest absolute Gasteiger partial charge is 0.756 e. The average molecular weight is 941 g/mol. The lowest BCUT2D eigenvalue weighted by Gasteiger charge is -2.29. The van der Waals surface area contributed by atoms with Crippen LogP contribution >= 0.6 is 7.82 Å². The summed E-state index contributed by atoms with van der Waals surface area (Å²) in [5, 5.41) is 13.8. The van der Waals surface area contributed by atoms with E-state index in [9.17, 15) is 19.4 Å². The summed E-state index contributed by atoms with van der Waals surface area (Å²) in [6, 6.07) is -0.912. The summed E-state index contributed by atoms with van der Waals surface area (Å²) in [6.45, 7) is 4.50. The van der Waals surface area contributed by atoms with E-state index in [1.165, 1.54) is 96.3 Å². The molecule has 8 nitrogen and oxygen atoms in total. The summed E-state index contributed by atoms with van der Waals surface area (Å²) >= 11 is 0. The molecule has 66 heavy (non-hydrogen) atoms. The second-order valence-electron chi connectivity index (χ2n) is 18.9. The Morgan fingerprint density at radius 3 is 1.35 bits per heavy atom. The number of allylic oxidation sites excluding steroid dienone is 15. The highest BCUT2D eigenvalue weighted by molar-refractivity contribution is 7.45. The fourth-order valence-electron chi connectivity index (χ4n) is 7.13. The highest BCUT2D eigenvalue weighted by atomic mass is 31.2. The molecule has 9 heteroatoms. The number of rotatable bonds is 47. The monoisotopic (exact) mass is 941 g/mol. The number of phosphoric acid groups is 1. The van der Waals surface area contributed by atoms with Gasteiger partial charge in [-0.1, -0.05) is 220 Å². The van der Waals surface area contributed by atoms with Crippen LogP contribution in [0, 0.1) is 0 Å². The van der Waals surface area contributed by atoms with Crippen molar-refractivity contribution < 1.29 is 32.9 Å². The highest BCUT2D eigenvalue weighted by Gasteiger charge is 2.23. The lowest BCUT2D eigenvalue weighted by atomic mass is 10.0. The zero-order valence-electron chi connectivity index (χ0n) is 43.1. The number of likely N-dealkylation sites (N-methyl/N-ethyl adjacent to an activating group) is 1. The summed E-state index contributed by atoms with van der Waals surface area (Å²) in [5.74, 6) is -0.232. The zero-order chi connectivity index (χ0) is 48.5. The molecule has 0 heterocycles. The summed E-state index contributed by atoms with van der Waals surface area (Å²) < 4.78 is 23.3. The molecule has 0 aromatic heterocycles. The molecule has 0 aliphatic rings. The maximum absolute atomic E-state index is 12.9. The van der Waals surface area contributed by atoms with E-state index < -0.39 is 26.6 Å². The second-order valence-corrected chi connectivity index (χ2v) is 20.3. The van der Waals surface area contributed by atoms with E-state index in [0.717, 1.165) is 83.5 Å². The molecule has 0 fully saturated rings. The Labute approximate surface area is 407 Å². The van der Waals surface area contributed by atoms with Crippen molar-refractivity contribution in [1.29, 1.82) is 0 Å². The zero-order valence-corrected chi connectivity index (χ0v) is 44.0. The van der Waals surface area contributed by atoms with Gasteiger partial charge in [-0.15, -0.1) is 0 Å². The van der Waals surface area contributed by atoms with Gasteiger partial charge < -0.3 is 28.8 Å². The average Bonchev–Trinajstić information content (AvgIpc) is 3.28. The predicted molar refractivity (Wildman–Crippen MR) is 283 cm³/mol. The smallest absolute Gasteiger partial charge is 0.268 e. The number of nitrogens with zero attached hydrogens (tertiary/aromatic N) is 1. The van der Waals surface area contributed by atoms with Crippen LogP contribution in [0.5, 0.6) is 0 Å². The number of aliphatic hydroxyl groups is 1. The number of quaternary nitrogens is 1. The molecule has 3 atom stereocenters. The summed E-state index contributed by atoms with van der Waals surface area (Å²) in [7, 11) is 1.22. The Morgan fingerprint density at radius 2 is 0.924 bits per heavy atom. The van der Waals surface area contributed by atoms with E-state index in [4.69, 9.17) is 9.05 Å². The van der Waals surface area contributed by atoms with Crippen molar-refractivity contribution >= 4 is 13.7 Å². The quantitative estimate of drug-likeness (QED) is 0.0272. The lowest BCUT2D eigenvalue weighted by Crippen LogP contribution is -2.45. The number of aliphatic hydroxyl groups excluding tert-OH is 1. The van der Waals surface area contributed by atoms with Crippen molar-refractivity contribution in [1.82, 2.24) is 5.32 Å². The maximum atomic E-state index is 12.9. The molecule has 0 spiro atoms. The van der Waals surface area contributed by atoms with Crippen LogP contribution in [0.2, 0.25) is 0 Å².